The van der Waals surface area contributed by atoms with Crippen molar-refractivity contribution in [2.24, 2.45) is 5.41 Å². The fraction of sp³-hybridized carbons (Fsp3) is 0.588. The van der Waals surface area contributed by atoms with Gasteiger partial charge in [0.25, 0.3) is 0 Å². The molecule has 0 unspecified atom stereocenters. The van der Waals surface area contributed by atoms with Crippen molar-refractivity contribution in [2.45, 2.75) is 51.6 Å². The summed E-state index contributed by atoms with van der Waals surface area (Å²) in [6.45, 7) is 4.54. The molecule has 0 amide bonds. The Bertz CT molecular complexity index is 484. The van der Waals surface area contributed by atoms with Gasteiger partial charge < -0.3 is 4.74 Å². The molecule has 2 rings (SSSR count). The fourth-order valence-electron chi connectivity index (χ4n) is 2.92. The first kappa shape index (κ1) is 15.7. The summed E-state index contributed by atoms with van der Waals surface area (Å²) in [5.41, 5.74) is 0.807. The van der Waals surface area contributed by atoms with Crippen LogP contribution >= 0.6 is 15.9 Å². The standard InChI is InChI=1S/C17H23BrO2/c1-16(2)7-9-17(20-3,10-8-16)15(19)12-13-5-4-6-14(18)11-13/h4-6,11H,7-10,12H2,1-3H3. The highest BCUT2D eigenvalue weighted by Crippen LogP contribution is 2.42. The van der Waals surface area contributed by atoms with E-state index in [-0.39, 0.29) is 5.78 Å². The average Bonchev–Trinajstić information content (AvgIpc) is 2.39. The number of hydrogen-bond acceptors (Lipinski definition) is 2. The van der Waals surface area contributed by atoms with E-state index in [1.807, 2.05) is 24.3 Å². The molecule has 0 spiro atoms. The van der Waals surface area contributed by atoms with Crippen molar-refractivity contribution in [1.82, 2.24) is 0 Å². The van der Waals surface area contributed by atoms with Gasteiger partial charge in [-0.15, -0.1) is 0 Å². The van der Waals surface area contributed by atoms with Gasteiger partial charge >= 0.3 is 0 Å². The third kappa shape index (κ3) is 3.50. The Morgan fingerprint density at radius 2 is 1.90 bits per heavy atom. The van der Waals surface area contributed by atoms with Crippen LogP contribution in [0.3, 0.4) is 0 Å². The zero-order chi connectivity index (χ0) is 14.8. The summed E-state index contributed by atoms with van der Waals surface area (Å²) in [4.78, 5) is 12.7. The van der Waals surface area contributed by atoms with E-state index in [4.69, 9.17) is 4.74 Å². The lowest BCUT2D eigenvalue weighted by Gasteiger charge is -2.41. The minimum absolute atomic E-state index is 0.216. The van der Waals surface area contributed by atoms with Gasteiger partial charge in [0.1, 0.15) is 5.60 Å². The quantitative estimate of drug-likeness (QED) is 0.805. The molecule has 1 fully saturated rings. The molecule has 0 radical (unpaired) electrons. The Labute approximate surface area is 130 Å². The van der Waals surface area contributed by atoms with Crippen LogP contribution in [0, 0.1) is 5.41 Å². The van der Waals surface area contributed by atoms with Crippen molar-refractivity contribution < 1.29 is 9.53 Å². The average molecular weight is 339 g/mol. The Balaban J connectivity index is 2.10. The number of halogens is 1. The summed E-state index contributed by atoms with van der Waals surface area (Å²) in [5, 5.41) is 0. The lowest BCUT2D eigenvalue weighted by Crippen LogP contribution is -2.46. The number of methoxy groups -OCH3 is 1. The van der Waals surface area contributed by atoms with E-state index in [9.17, 15) is 4.79 Å². The Morgan fingerprint density at radius 1 is 1.25 bits per heavy atom. The van der Waals surface area contributed by atoms with E-state index in [0.717, 1.165) is 35.7 Å². The molecule has 0 N–H and O–H groups in total. The number of hydrogen-bond donors (Lipinski definition) is 0. The van der Waals surface area contributed by atoms with Gasteiger partial charge in [0.2, 0.25) is 0 Å². The molecule has 2 nitrogen and oxygen atoms in total. The molecule has 110 valence electrons. The topological polar surface area (TPSA) is 26.3 Å². The lowest BCUT2D eigenvalue weighted by atomic mass is 9.69. The van der Waals surface area contributed by atoms with Crippen molar-refractivity contribution >= 4 is 21.7 Å². The molecule has 1 aromatic carbocycles. The normalized spacial score (nSPS) is 20.6. The molecule has 0 heterocycles. The Kier molecular flexibility index (Phi) is 4.70. The Morgan fingerprint density at radius 3 is 2.45 bits per heavy atom. The van der Waals surface area contributed by atoms with E-state index in [1.165, 1.54) is 0 Å². The molecule has 0 saturated heterocycles. The van der Waals surface area contributed by atoms with Crippen molar-refractivity contribution in [3.8, 4) is 0 Å². The van der Waals surface area contributed by atoms with Crippen LogP contribution in [0.15, 0.2) is 28.7 Å². The monoisotopic (exact) mass is 338 g/mol. The minimum atomic E-state index is -0.572. The highest BCUT2D eigenvalue weighted by atomic mass is 79.9. The van der Waals surface area contributed by atoms with Crippen LogP contribution in [0.25, 0.3) is 0 Å². The SMILES string of the molecule is COC1(C(=O)Cc2cccc(Br)c2)CCC(C)(C)CC1. The summed E-state index contributed by atoms with van der Waals surface area (Å²) >= 11 is 3.45. The lowest BCUT2D eigenvalue weighted by molar-refractivity contribution is -0.147. The molecule has 1 saturated carbocycles. The molecule has 3 heteroatoms. The van der Waals surface area contributed by atoms with Gasteiger partial charge in [-0.2, -0.15) is 0 Å². The highest BCUT2D eigenvalue weighted by Gasteiger charge is 2.43. The van der Waals surface area contributed by atoms with Gasteiger partial charge in [-0.3, -0.25) is 4.79 Å². The number of ketones is 1. The maximum absolute atomic E-state index is 12.7. The summed E-state index contributed by atoms with van der Waals surface area (Å²) in [5.74, 6) is 0.216. The summed E-state index contributed by atoms with van der Waals surface area (Å²) in [7, 11) is 1.68. The molecular weight excluding hydrogens is 316 g/mol. The molecule has 0 aliphatic heterocycles. The molecular formula is C17H23BrO2. The second kappa shape index (κ2) is 5.98. The van der Waals surface area contributed by atoms with Crippen molar-refractivity contribution in [1.29, 1.82) is 0 Å². The van der Waals surface area contributed by atoms with Crippen molar-refractivity contribution in [2.75, 3.05) is 7.11 Å². The van der Waals surface area contributed by atoms with Crippen LogP contribution in [0.4, 0.5) is 0 Å². The molecule has 0 atom stereocenters. The van der Waals surface area contributed by atoms with E-state index in [0.29, 0.717) is 11.8 Å². The first-order chi connectivity index (χ1) is 9.37. The smallest absolute Gasteiger partial charge is 0.168 e. The number of ether oxygens (including phenoxy) is 1. The zero-order valence-corrected chi connectivity index (χ0v) is 14.1. The van der Waals surface area contributed by atoms with Crippen LogP contribution in [-0.4, -0.2) is 18.5 Å². The summed E-state index contributed by atoms with van der Waals surface area (Å²) < 4.78 is 6.69. The first-order valence-corrected chi connectivity index (χ1v) is 7.99. The number of carbonyl (C=O) groups excluding carboxylic acids is 1. The fourth-order valence-corrected chi connectivity index (χ4v) is 3.37. The minimum Gasteiger partial charge on any atom is -0.370 e. The maximum atomic E-state index is 12.7. The van der Waals surface area contributed by atoms with E-state index < -0.39 is 5.60 Å². The molecule has 20 heavy (non-hydrogen) atoms. The Hall–Kier alpha value is -0.670. The highest BCUT2D eigenvalue weighted by molar-refractivity contribution is 9.10. The predicted octanol–water partition coefficient (Wildman–Crippen LogP) is 4.55. The van der Waals surface area contributed by atoms with Gasteiger partial charge in [-0.05, 0) is 48.8 Å². The van der Waals surface area contributed by atoms with Gasteiger partial charge in [0.05, 0.1) is 0 Å². The summed E-state index contributed by atoms with van der Waals surface area (Å²) in [6.07, 6.45) is 4.22. The number of carbonyl (C=O) groups is 1. The molecule has 0 bridgehead atoms. The van der Waals surface area contributed by atoms with Gasteiger partial charge in [0.15, 0.2) is 5.78 Å². The van der Waals surface area contributed by atoms with E-state index in [1.54, 1.807) is 7.11 Å². The van der Waals surface area contributed by atoms with Gasteiger partial charge in [-0.1, -0.05) is 41.9 Å². The van der Waals surface area contributed by atoms with Crippen LogP contribution < -0.4 is 0 Å². The summed E-state index contributed by atoms with van der Waals surface area (Å²) in [6, 6.07) is 7.95. The van der Waals surface area contributed by atoms with Crippen molar-refractivity contribution in [3.05, 3.63) is 34.3 Å². The van der Waals surface area contributed by atoms with Crippen LogP contribution in [0.1, 0.15) is 45.1 Å². The second-order valence-corrected chi connectivity index (χ2v) is 7.51. The van der Waals surface area contributed by atoms with Gasteiger partial charge in [0, 0.05) is 18.0 Å². The van der Waals surface area contributed by atoms with Crippen LogP contribution in [0.5, 0.6) is 0 Å². The maximum Gasteiger partial charge on any atom is 0.168 e. The molecule has 1 aliphatic rings. The van der Waals surface area contributed by atoms with Gasteiger partial charge in [-0.25, -0.2) is 0 Å². The van der Waals surface area contributed by atoms with Crippen LogP contribution in [0.2, 0.25) is 0 Å². The largest absolute Gasteiger partial charge is 0.370 e. The number of Topliss-reactive ketones (excluding diaryl/α,β-unsaturated/α-hetero) is 1. The first-order valence-electron chi connectivity index (χ1n) is 7.20. The number of rotatable bonds is 4. The van der Waals surface area contributed by atoms with Crippen LogP contribution in [-0.2, 0) is 16.0 Å². The third-order valence-corrected chi connectivity index (χ3v) is 5.06. The third-order valence-electron chi connectivity index (χ3n) is 4.56. The van der Waals surface area contributed by atoms with E-state index in [2.05, 4.69) is 29.8 Å². The second-order valence-electron chi connectivity index (χ2n) is 6.59. The molecule has 1 aromatic rings. The van der Waals surface area contributed by atoms with Crippen molar-refractivity contribution in [3.63, 3.8) is 0 Å². The molecule has 0 aromatic heterocycles. The predicted molar refractivity (Wildman–Crippen MR) is 84.8 cm³/mol. The molecule has 1 aliphatic carbocycles. The van der Waals surface area contributed by atoms with E-state index >= 15 is 0 Å². The zero-order valence-electron chi connectivity index (χ0n) is 12.5. The number of benzene rings is 1.